The molecular formula is C28H32N4O2. The fourth-order valence-corrected chi connectivity index (χ4v) is 5.53. The molecular weight excluding hydrogens is 424 g/mol. The maximum absolute atomic E-state index is 12.9. The number of benzene rings is 1. The third-order valence-corrected chi connectivity index (χ3v) is 7.54. The zero-order valence-corrected chi connectivity index (χ0v) is 20.4. The third-order valence-electron chi connectivity index (χ3n) is 7.54. The number of nitrogens with one attached hydrogen (secondary N) is 2. The van der Waals surface area contributed by atoms with E-state index in [9.17, 15) is 4.79 Å². The van der Waals surface area contributed by atoms with Crippen molar-refractivity contribution < 1.29 is 9.53 Å². The van der Waals surface area contributed by atoms with E-state index >= 15 is 0 Å². The van der Waals surface area contributed by atoms with Crippen LogP contribution < -0.4 is 5.32 Å². The lowest BCUT2D eigenvalue weighted by atomic mass is 9.76. The number of hydrogen-bond acceptors (Lipinski definition) is 4. The Morgan fingerprint density at radius 1 is 1.18 bits per heavy atom. The van der Waals surface area contributed by atoms with Crippen LogP contribution in [0.1, 0.15) is 93.7 Å². The molecule has 6 nitrogen and oxygen atoms in total. The standard InChI is InChI=1S/C28H32N4O2/c1-26(2)9-7-18(8-10-26)22-13-19(20-14-27(3)11-12-28(4,15-20)34-27)5-6-23(22)32-25(33)24-30-17-21(16-29)31-24/h5-7,13-14,17H,8-12,15H2,1-4H3,(H,30,31)(H,32,33). The van der Waals surface area contributed by atoms with Gasteiger partial charge in [-0.1, -0.05) is 26.0 Å². The van der Waals surface area contributed by atoms with Crippen molar-refractivity contribution in [3.8, 4) is 6.07 Å². The molecule has 2 bridgehead atoms. The second-order valence-corrected chi connectivity index (χ2v) is 11.3. The molecule has 1 aromatic heterocycles. The zero-order valence-electron chi connectivity index (χ0n) is 20.4. The van der Waals surface area contributed by atoms with Gasteiger partial charge in [0.2, 0.25) is 0 Å². The number of ether oxygens (including phenoxy) is 1. The monoisotopic (exact) mass is 456 g/mol. The minimum Gasteiger partial charge on any atom is -0.365 e. The molecule has 5 rings (SSSR count). The van der Waals surface area contributed by atoms with Crippen molar-refractivity contribution in [3.63, 3.8) is 0 Å². The van der Waals surface area contributed by atoms with Gasteiger partial charge < -0.3 is 15.0 Å². The Morgan fingerprint density at radius 3 is 2.68 bits per heavy atom. The van der Waals surface area contributed by atoms with E-state index in [1.807, 2.05) is 12.1 Å². The number of rotatable bonds is 4. The van der Waals surface area contributed by atoms with Crippen molar-refractivity contribution in [3.05, 3.63) is 59.2 Å². The Labute approximate surface area is 201 Å². The highest BCUT2D eigenvalue weighted by atomic mass is 16.5. The molecule has 2 N–H and O–H groups in total. The topological polar surface area (TPSA) is 90.8 Å². The Balaban J connectivity index is 1.52. The van der Waals surface area contributed by atoms with Crippen LogP contribution in [0.2, 0.25) is 0 Å². The number of allylic oxidation sites excluding steroid dienone is 2. The van der Waals surface area contributed by atoms with Gasteiger partial charge in [-0.2, -0.15) is 5.26 Å². The molecule has 1 aliphatic carbocycles. The summed E-state index contributed by atoms with van der Waals surface area (Å²) in [5.41, 5.74) is 5.83. The number of amides is 1. The van der Waals surface area contributed by atoms with Crippen LogP contribution in [0.4, 0.5) is 5.69 Å². The molecule has 2 unspecified atom stereocenters. The summed E-state index contributed by atoms with van der Waals surface area (Å²) in [4.78, 5) is 19.7. The van der Waals surface area contributed by atoms with Crippen molar-refractivity contribution in [2.45, 2.75) is 77.4 Å². The molecule has 3 heterocycles. The lowest BCUT2D eigenvalue weighted by molar-refractivity contribution is -0.0634. The largest absolute Gasteiger partial charge is 0.365 e. The molecule has 0 saturated carbocycles. The SMILES string of the molecule is CC1(C)CC=C(c2cc(C3=CC4(C)CCC(C)(C3)O4)ccc2NC(=O)c2ncc(C#N)[nH]2)CC1. The highest BCUT2D eigenvalue weighted by Crippen LogP contribution is 2.49. The van der Waals surface area contributed by atoms with Crippen molar-refractivity contribution in [1.82, 2.24) is 9.97 Å². The number of H-pyrrole nitrogens is 1. The van der Waals surface area contributed by atoms with E-state index in [1.54, 1.807) is 0 Å². The van der Waals surface area contributed by atoms with E-state index in [-0.39, 0.29) is 34.0 Å². The minimum absolute atomic E-state index is 0.113. The molecule has 3 aliphatic rings. The smallest absolute Gasteiger partial charge is 0.291 e. The Morgan fingerprint density at radius 2 is 2.00 bits per heavy atom. The van der Waals surface area contributed by atoms with Crippen LogP contribution in [0.15, 0.2) is 36.5 Å². The molecule has 0 spiro atoms. The van der Waals surface area contributed by atoms with E-state index in [0.29, 0.717) is 0 Å². The summed E-state index contributed by atoms with van der Waals surface area (Å²) in [6, 6.07) is 8.30. The van der Waals surface area contributed by atoms with Crippen LogP contribution >= 0.6 is 0 Å². The number of carbonyl (C=O) groups is 1. The van der Waals surface area contributed by atoms with Crippen molar-refractivity contribution in [1.29, 1.82) is 5.26 Å². The maximum atomic E-state index is 12.9. The number of imidazole rings is 1. The number of aromatic nitrogens is 2. The maximum Gasteiger partial charge on any atom is 0.291 e. The molecule has 1 saturated heterocycles. The molecule has 34 heavy (non-hydrogen) atoms. The van der Waals surface area contributed by atoms with Crippen LogP contribution in [-0.4, -0.2) is 27.1 Å². The molecule has 2 atom stereocenters. The number of aromatic amines is 1. The van der Waals surface area contributed by atoms with Crippen LogP contribution in [0.25, 0.3) is 11.1 Å². The first-order valence-corrected chi connectivity index (χ1v) is 12.1. The normalized spacial score (nSPS) is 27.5. The summed E-state index contributed by atoms with van der Waals surface area (Å²) in [7, 11) is 0. The number of hydrogen-bond donors (Lipinski definition) is 2. The van der Waals surface area contributed by atoms with Crippen molar-refractivity contribution in [2.24, 2.45) is 5.41 Å². The van der Waals surface area contributed by atoms with Crippen LogP contribution in [0.5, 0.6) is 0 Å². The quantitative estimate of drug-likeness (QED) is 0.569. The summed E-state index contributed by atoms with van der Waals surface area (Å²) in [5, 5.41) is 12.1. The van der Waals surface area contributed by atoms with Crippen LogP contribution in [0.3, 0.4) is 0 Å². The lowest BCUT2D eigenvalue weighted by Crippen LogP contribution is -2.34. The minimum atomic E-state index is -0.351. The summed E-state index contributed by atoms with van der Waals surface area (Å²) < 4.78 is 6.35. The van der Waals surface area contributed by atoms with Gasteiger partial charge in [-0.15, -0.1) is 0 Å². The molecule has 176 valence electrons. The summed E-state index contributed by atoms with van der Waals surface area (Å²) in [5.74, 6) is -0.217. The van der Waals surface area contributed by atoms with E-state index in [0.717, 1.165) is 49.8 Å². The molecule has 0 radical (unpaired) electrons. The van der Waals surface area contributed by atoms with Crippen molar-refractivity contribution >= 4 is 22.7 Å². The second kappa shape index (κ2) is 7.95. The fraction of sp³-hybridized carbons (Fsp3) is 0.464. The van der Waals surface area contributed by atoms with E-state index in [1.165, 1.54) is 22.9 Å². The second-order valence-electron chi connectivity index (χ2n) is 11.3. The number of anilines is 1. The molecule has 6 heteroatoms. The lowest BCUT2D eigenvalue weighted by Gasteiger charge is -2.35. The Hall–Kier alpha value is -3.17. The van der Waals surface area contributed by atoms with Crippen molar-refractivity contribution in [2.75, 3.05) is 5.32 Å². The fourth-order valence-electron chi connectivity index (χ4n) is 5.53. The summed E-state index contributed by atoms with van der Waals surface area (Å²) >= 11 is 0. The zero-order chi connectivity index (χ0) is 24.1. The predicted molar refractivity (Wildman–Crippen MR) is 133 cm³/mol. The number of nitriles is 1. The van der Waals surface area contributed by atoms with Gasteiger partial charge in [0, 0.05) is 17.7 Å². The molecule has 1 amide bonds. The van der Waals surface area contributed by atoms with Gasteiger partial charge in [0.25, 0.3) is 5.91 Å². The highest BCUT2D eigenvalue weighted by molar-refractivity contribution is 6.03. The van der Waals surface area contributed by atoms with Gasteiger partial charge in [-0.25, -0.2) is 4.98 Å². The van der Waals surface area contributed by atoms with Gasteiger partial charge in [0.15, 0.2) is 5.82 Å². The first-order valence-electron chi connectivity index (χ1n) is 12.1. The number of carbonyl (C=O) groups excluding carboxylic acids is 1. The molecule has 2 aromatic rings. The van der Waals surface area contributed by atoms with Gasteiger partial charge in [0.1, 0.15) is 11.8 Å². The van der Waals surface area contributed by atoms with Gasteiger partial charge in [-0.3, -0.25) is 4.79 Å². The molecule has 1 aromatic carbocycles. The average Bonchev–Trinajstić information content (AvgIpc) is 3.35. The van der Waals surface area contributed by atoms with E-state index in [4.69, 9.17) is 10.00 Å². The summed E-state index contributed by atoms with van der Waals surface area (Å²) in [6.45, 7) is 8.99. The first-order chi connectivity index (χ1) is 16.1. The van der Waals surface area contributed by atoms with Gasteiger partial charge in [-0.05, 0) is 86.3 Å². The summed E-state index contributed by atoms with van der Waals surface area (Å²) in [6.07, 6.45) is 12.1. The van der Waals surface area contributed by atoms with Crippen LogP contribution in [-0.2, 0) is 4.74 Å². The third kappa shape index (κ3) is 4.33. The van der Waals surface area contributed by atoms with E-state index in [2.05, 4.69) is 67.3 Å². The number of nitrogens with zero attached hydrogens (tertiary/aromatic N) is 2. The van der Waals surface area contributed by atoms with Gasteiger partial charge >= 0.3 is 0 Å². The average molecular weight is 457 g/mol. The predicted octanol–water partition coefficient (Wildman–Crippen LogP) is 6.24. The Bertz CT molecular complexity index is 1260. The van der Waals surface area contributed by atoms with Gasteiger partial charge in [0.05, 0.1) is 17.4 Å². The van der Waals surface area contributed by atoms with E-state index < -0.39 is 0 Å². The first kappa shape index (κ1) is 22.6. The number of fused-ring (bicyclic) bond motifs is 2. The Kier molecular flexibility index (Phi) is 5.29. The molecule has 1 fully saturated rings. The molecule has 2 aliphatic heterocycles. The van der Waals surface area contributed by atoms with Crippen LogP contribution in [0, 0.1) is 16.7 Å². The highest BCUT2D eigenvalue weighted by Gasteiger charge is 2.46.